The minimum absolute atomic E-state index is 0.159. The molecule has 106 valence electrons. The number of nitrogens with zero attached hydrogens (tertiary/aromatic N) is 2. The van der Waals surface area contributed by atoms with Gasteiger partial charge < -0.3 is 14.5 Å². The van der Waals surface area contributed by atoms with Crippen molar-refractivity contribution in [3.05, 3.63) is 0 Å². The average molecular weight is 266 g/mol. The summed E-state index contributed by atoms with van der Waals surface area (Å²) >= 11 is 0. The van der Waals surface area contributed by atoms with Crippen molar-refractivity contribution in [2.75, 3.05) is 39.4 Å². The van der Waals surface area contributed by atoms with Gasteiger partial charge in [-0.25, -0.2) is 0 Å². The van der Waals surface area contributed by atoms with Gasteiger partial charge >= 0.3 is 0 Å². The maximum Gasteiger partial charge on any atom is 0.226 e. The number of morpholine rings is 1. The number of carbonyl (C=O) groups excluding carboxylic acids is 2. The maximum atomic E-state index is 12.4. The van der Waals surface area contributed by atoms with Crippen LogP contribution in [0.5, 0.6) is 0 Å². The Kier molecular flexibility index (Phi) is 3.25. The molecule has 1 unspecified atom stereocenters. The van der Waals surface area contributed by atoms with Gasteiger partial charge in [-0.15, -0.1) is 0 Å². The van der Waals surface area contributed by atoms with Crippen molar-refractivity contribution in [3.63, 3.8) is 0 Å². The van der Waals surface area contributed by atoms with E-state index in [1.54, 1.807) is 6.92 Å². The van der Waals surface area contributed by atoms with Crippen LogP contribution in [0.25, 0.3) is 0 Å². The Labute approximate surface area is 113 Å². The molecular formula is C14H22N2O3. The third-order valence-corrected chi connectivity index (χ3v) is 5.02. The number of hydrogen-bond donors (Lipinski definition) is 0. The molecule has 19 heavy (non-hydrogen) atoms. The Morgan fingerprint density at radius 2 is 1.68 bits per heavy atom. The van der Waals surface area contributed by atoms with Gasteiger partial charge in [-0.3, -0.25) is 9.59 Å². The second kappa shape index (κ2) is 4.78. The van der Waals surface area contributed by atoms with Crippen molar-refractivity contribution in [3.8, 4) is 0 Å². The van der Waals surface area contributed by atoms with Gasteiger partial charge in [-0.2, -0.15) is 0 Å². The normalized spacial score (nSPS) is 29.4. The molecule has 0 aromatic rings. The number of piperidine rings is 1. The molecule has 0 bridgehead atoms. The lowest BCUT2D eigenvalue weighted by molar-refractivity contribution is -0.138. The topological polar surface area (TPSA) is 49.9 Å². The van der Waals surface area contributed by atoms with Crippen molar-refractivity contribution in [1.82, 2.24) is 9.80 Å². The van der Waals surface area contributed by atoms with Crippen molar-refractivity contribution in [2.45, 2.75) is 26.2 Å². The van der Waals surface area contributed by atoms with E-state index in [9.17, 15) is 9.59 Å². The Morgan fingerprint density at radius 3 is 2.26 bits per heavy atom. The highest BCUT2D eigenvalue weighted by Gasteiger charge is 2.59. The Hall–Kier alpha value is -1.10. The predicted molar refractivity (Wildman–Crippen MR) is 69.4 cm³/mol. The fraction of sp³-hybridized carbons (Fsp3) is 0.857. The summed E-state index contributed by atoms with van der Waals surface area (Å²) in [6.07, 6.45) is 3.01. The van der Waals surface area contributed by atoms with E-state index >= 15 is 0 Å². The SMILES string of the molecule is CC(=O)N1CCC2(CC1)CC2C(=O)N1CCOCC1. The molecular weight excluding hydrogens is 244 g/mol. The molecule has 5 nitrogen and oxygen atoms in total. The highest BCUT2D eigenvalue weighted by molar-refractivity contribution is 5.83. The highest BCUT2D eigenvalue weighted by Crippen LogP contribution is 2.60. The summed E-state index contributed by atoms with van der Waals surface area (Å²) < 4.78 is 5.29. The minimum Gasteiger partial charge on any atom is -0.378 e. The summed E-state index contributed by atoms with van der Waals surface area (Å²) in [5, 5.41) is 0. The molecule has 2 saturated heterocycles. The molecule has 1 saturated carbocycles. The Bertz CT molecular complexity index is 382. The van der Waals surface area contributed by atoms with Crippen molar-refractivity contribution < 1.29 is 14.3 Å². The second-order valence-electron chi connectivity index (χ2n) is 6.06. The first-order valence-electron chi connectivity index (χ1n) is 7.24. The lowest BCUT2D eigenvalue weighted by atomic mass is 9.90. The molecule has 0 N–H and O–H groups in total. The van der Waals surface area contributed by atoms with Crippen LogP contribution in [0.3, 0.4) is 0 Å². The summed E-state index contributed by atoms with van der Waals surface area (Å²) in [6, 6.07) is 0. The Morgan fingerprint density at radius 1 is 1.05 bits per heavy atom. The summed E-state index contributed by atoms with van der Waals surface area (Å²) in [6.45, 7) is 6.09. The largest absolute Gasteiger partial charge is 0.378 e. The molecule has 5 heteroatoms. The fourth-order valence-electron chi connectivity index (χ4n) is 3.52. The second-order valence-corrected chi connectivity index (χ2v) is 6.06. The van der Waals surface area contributed by atoms with Crippen LogP contribution in [0.15, 0.2) is 0 Å². The standard InChI is InChI=1S/C14H22N2O3/c1-11(17)15-4-2-14(3-5-15)10-12(14)13(18)16-6-8-19-9-7-16/h12H,2-10H2,1H3. The molecule has 3 aliphatic rings. The van der Waals surface area contributed by atoms with Crippen LogP contribution in [0.4, 0.5) is 0 Å². The molecule has 2 aliphatic heterocycles. The molecule has 2 heterocycles. The summed E-state index contributed by atoms with van der Waals surface area (Å²) in [5.74, 6) is 0.686. The summed E-state index contributed by atoms with van der Waals surface area (Å²) in [7, 11) is 0. The van der Waals surface area contributed by atoms with Crippen LogP contribution in [-0.4, -0.2) is 61.0 Å². The lowest BCUT2D eigenvalue weighted by Crippen LogP contribution is -2.43. The van der Waals surface area contributed by atoms with Gasteiger partial charge in [0.05, 0.1) is 13.2 Å². The molecule has 1 spiro atoms. The number of amides is 2. The smallest absolute Gasteiger partial charge is 0.226 e. The van der Waals surface area contributed by atoms with Gasteiger partial charge in [0.25, 0.3) is 0 Å². The molecule has 1 atom stereocenters. The van der Waals surface area contributed by atoms with Crippen LogP contribution >= 0.6 is 0 Å². The average Bonchev–Trinajstić information content (AvgIpc) is 3.13. The first-order chi connectivity index (χ1) is 9.12. The van der Waals surface area contributed by atoms with Crippen molar-refractivity contribution in [2.24, 2.45) is 11.3 Å². The molecule has 0 aromatic heterocycles. The van der Waals surface area contributed by atoms with E-state index in [1.807, 2.05) is 9.80 Å². The third kappa shape index (κ3) is 2.36. The number of likely N-dealkylation sites (tertiary alicyclic amines) is 1. The van der Waals surface area contributed by atoms with Crippen LogP contribution < -0.4 is 0 Å². The van der Waals surface area contributed by atoms with Gasteiger partial charge in [0.15, 0.2) is 0 Å². The first kappa shape index (κ1) is 12.9. The molecule has 0 radical (unpaired) electrons. The number of rotatable bonds is 1. The minimum atomic E-state index is 0.159. The van der Waals surface area contributed by atoms with E-state index in [1.165, 1.54) is 0 Å². The van der Waals surface area contributed by atoms with E-state index in [-0.39, 0.29) is 17.2 Å². The van der Waals surface area contributed by atoms with E-state index in [4.69, 9.17) is 4.74 Å². The van der Waals surface area contributed by atoms with Gasteiger partial charge in [-0.1, -0.05) is 0 Å². The zero-order valence-electron chi connectivity index (χ0n) is 11.6. The van der Waals surface area contributed by atoms with Crippen molar-refractivity contribution in [1.29, 1.82) is 0 Å². The van der Waals surface area contributed by atoms with Crippen LogP contribution in [0.1, 0.15) is 26.2 Å². The third-order valence-electron chi connectivity index (χ3n) is 5.02. The van der Waals surface area contributed by atoms with E-state index in [2.05, 4.69) is 0 Å². The predicted octanol–water partition coefficient (Wildman–Crippen LogP) is 0.494. The first-order valence-corrected chi connectivity index (χ1v) is 7.24. The van der Waals surface area contributed by atoms with Gasteiger partial charge in [0, 0.05) is 39.0 Å². The van der Waals surface area contributed by atoms with Crippen LogP contribution in [0, 0.1) is 11.3 Å². The van der Waals surface area contributed by atoms with Gasteiger partial charge in [-0.05, 0) is 24.7 Å². The fourth-order valence-corrected chi connectivity index (χ4v) is 3.52. The quantitative estimate of drug-likeness (QED) is 0.694. The van der Waals surface area contributed by atoms with E-state index < -0.39 is 0 Å². The zero-order valence-corrected chi connectivity index (χ0v) is 11.6. The number of ether oxygens (including phenoxy) is 1. The molecule has 0 aromatic carbocycles. The number of hydrogen-bond acceptors (Lipinski definition) is 3. The molecule has 3 rings (SSSR count). The lowest BCUT2D eigenvalue weighted by Gasteiger charge is -2.33. The highest BCUT2D eigenvalue weighted by atomic mass is 16.5. The monoisotopic (exact) mass is 266 g/mol. The zero-order chi connectivity index (χ0) is 13.5. The van der Waals surface area contributed by atoms with Crippen LogP contribution in [-0.2, 0) is 14.3 Å². The maximum absolute atomic E-state index is 12.4. The van der Waals surface area contributed by atoms with E-state index in [0.29, 0.717) is 19.1 Å². The molecule has 1 aliphatic carbocycles. The number of carbonyl (C=O) groups is 2. The van der Waals surface area contributed by atoms with Gasteiger partial charge in [0.2, 0.25) is 11.8 Å². The summed E-state index contributed by atoms with van der Waals surface area (Å²) in [5.41, 5.74) is 0.210. The van der Waals surface area contributed by atoms with E-state index in [0.717, 1.165) is 45.4 Å². The van der Waals surface area contributed by atoms with Crippen molar-refractivity contribution >= 4 is 11.8 Å². The molecule has 3 fully saturated rings. The molecule has 2 amide bonds. The van der Waals surface area contributed by atoms with Crippen LogP contribution in [0.2, 0.25) is 0 Å². The summed E-state index contributed by atoms with van der Waals surface area (Å²) in [4.78, 5) is 27.6. The Balaban J connectivity index is 1.55. The van der Waals surface area contributed by atoms with Gasteiger partial charge in [0.1, 0.15) is 0 Å².